The van der Waals surface area contributed by atoms with Gasteiger partial charge < -0.3 is 20.2 Å². The largest absolute Gasteiger partial charge is 0.364 e. The average molecular weight is 400 g/mol. The van der Waals surface area contributed by atoms with Crippen LogP contribution in [-0.4, -0.2) is 22.0 Å². The molecule has 0 radical (unpaired) electrons. The van der Waals surface area contributed by atoms with E-state index in [4.69, 9.17) is 5.73 Å². The van der Waals surface area contributed by atoms with E-state index in [1.165, 1.54) is 4.57 Å². The molecule has 0 spiro atoms. The number of aromatic amines is 1. The van der Waals surface area contributed by atoms with Gasteiger partial charge in [0.2, 0.25) is 0 Å². The molecule has 0 atom stereocenters. The Kier molecular flexibility index (Phi) is 5.14. The Morgan fingerprint density at radius 2 is 1.63 bits per heavy atom. The van der Waals surface area contributed by atoms with Crippen molar-refractivity contribution in [1.29, 1.82) is 0 Å². The Morgan fingerprint density at radius 1 is 1.07 bits per heavy atom. The smallest absolute Gasteiger partial charge is 0.274 e. The Bertz CT molecular complexity index is 1200. The number of aryl methyl sites for hydroxylation is 1. The maximum Gasteiger partial charge on any atom is 0.274 e. The molecule has 2 aromatic carbocycles. The van der Waals surface area contributed by atoms with Crippen LogP contribution in [-0.2, 0) is 7.05 Å². The number of carbonyl (C=O) groups excluding carboxylic acids is 1. The molecule has 2 heterocycles. The molecule has 3 N–H and O–H groups in total. The van der Waals surface area contributed by atoms with E-state index >= 15 is 0 Å². The van der Waals surface area contributed by atoms with E-state index in [0.717, 1.165) is 16.8 Å². The summed E-state index contributed by atoms with van der Waals surface area (Å²) < 4.78 is 1.54. The molecule has 0 aliphatic heterocycles. The van der Waals surface area contributed by atoms with E-state index < -0.39 is 5.91 Å². The molecular formula is C24H24N4O2. The maximum atomic E-state index is 12.7. The van der Waals surface area contributed by atoms with Gasteiger partial charge in [0.15, 0.2) is 0 Å². The fourth-order valence-electron chi connectivity index (χ4n) is 3.99. The SMILES string of the molecule is CCN(c1cn(C)c(=O)c2[nH]c(C(N)=O)cc12)C(c1ccccc1)c1ccccc1. The van der Waals surface area contributed by atoms with E-state index in [9.17, 15) is 9.59 Å². The molecule has 6 nitrogen and oxygen atoms in total. The molecule has 30 heavy (non-hydrogen) atoms. The molecule has 2 aromatic heterocycles. The molecule has 0 saturated heterocycles. The molecular weight excluding hydrogens is 376 g/mol. The third kappa shape index (κ3) is 3.37. The molecule has 4 rings (SSSR count). The number of benzene rings is 2. The topological polar surface area (TPSA) is 84.1 Å². The summed E-state index contributed by atoms with van der Waals surface area (Å²) in [4.78, 5) is 29.6. The Morgan fingerprint density at radius 3 is 2.13 bits per heavy atom. The second-order valence-corrected chi connectivity index (χ2v) is 7.28. The zero-order valence-corrected chi connectivity index (χ0v) is 17.0. The van der Waals surface area contributed by atoms with Gasteiger partial charge in [0.25, 0.3) is 11.5 Å². The van der Waals surface area contributed by atoms with Gasteiger partial charge in [0, 0.05) is 25.2 Å². The summed E-state index contributed by atoms with van der Waals surface area (Å²) in [6.45, 7) is 2.77. The van der Waals surface area contributed by atoms with Gasteiger partial charge in [-0.3, -0.25) is 9.59 Å². The van der Waals surface area contributed by atoms with Crippen molar-refractivity contribution in [2.45, 2.75) is 13.0 Å². The summed E-state index contributed by atoms with van der Waals surface area (Å²) in [7, 11) is 1.71. The lowest BCUT2D eigenvalue weighted by Gasteiger charge is -2.34. The van der Waals surface area contributed by atoms with E-state index in [2.05, 4.69) is 41.1 Å². The Hall–Kier alpha value is -3.80. The number of amides is 1. The molecule has 0 aliphatic rings. The number of rotatable bonds is 6. The predicted molar refractivity (Wildman–Crippen MR) is 120 cm³/mol. The summed E-state index contributed by atoms with van der Waals surface area (Å²) in [6, 6.07) is 22.1. The maximum absolute atomic E-state index is 12.7. The first kappa shape index (κ1) is 19.5. The van der Waals surface area contributed by atoms with E-state index in [1.807, 2.05) is 42.6 Å². The lowest BCUT2D eigenvalue weighted by atomic mass is 9.96. The normalized spacial score (nSPS) is 11.2. The average Bonchev–Trinajstić information content (AvgIpc) is 3.22. The minimum absolute atomic E-state index is 0.0648. The molecule has 0 unspecified atom stereocenters. The first-order valence-electron chi connectivity index (χ1n) is 9.90. The van der Waals surface area contributed by atoms with Crippen molar-refractivity contribution in [3.63, 3.8) is 0 Å². The van der Waals surface area contributed by atoms with Crippen LogP contribution in [0.2, 0.25) is 0 Å². The number of anilines is 1. The molecule has 6 heteroatoms. The summed E-state index contributed by atoms with van der Waals surface area (Å²) in [6.07, 6.45) is 1.83. The van der Waals surface area contributed by atoms with Gasteiger partial charge in [-0.25, -0.2) is 0 Å². The fourth-order valence-corrected chi connectivity index (χ4v) is 3.99. The van der Waals surface area contributed by atoms with E-state index in [-0.39, 0.29) is 17.3 Å². The number of fused-ring (bicyclic) bond motifs is 1. The zero-order chi connectivity index (χ0) is 21.3. The van der Waals surface area contributed by atoms with Crippen molar-refractivity contribution in [2.75, 3.05) is 11.4 Å². The standard InChI is InChI=1S/C24H24N4O2/c1-3-28(22(16-10-6-4-7-11-16)17-12-8-5-9-13-17)20-15-27(2)24(30)21-18(20)14-19(26-21)23(25)29/h4-15,22,26H,3H2,1-2H3,(H2,25,29). The van der Waals surface area contributed by atoms with Crippen LogP contribution in [0.15, 0.2) is 77.7 Å². The number of aromatic nitrogens is 2. The summed E-state index contributed by atoms with van der Waals surface area (Å²) >= 11 is 0. The first-order valence-corrected chi connectivity index (χ1v) is 9.90. The lowest BCUT2D eigenvalue weighted by molar-refractivity contribution is 0.0996. The molecule has 0 fully saturated rings. The van der Waals surface area contributed by atoms with Crippen molar-refractivity contribution in [1.82, 2.24) is 9.55 Å². The Balaban J connectivity index is 1.98. The second kappa shape index (κ2) is 7.91. The Labute approximate surface area is 174 Å². The third-order valence-electron chi connectivity index (χ3n) is 5.40. The highest BCUT2D eigenvalue weighted by Gasteiger charge is 2.25. The summed E-state index contributed by atoms with van der Waals surface area (Å²) in [5.41, 5.74) is 9.01. The number of pyridine rings is 1. The van der Waals surface area contributed by atoms with E-state index in [0.29, 0.717) is 17.4 Å². The minimum Gasteiger partial charge on any atom is -0.364 e. The van der Waals surface area contributed by atoms with Crippen LogP contribution in [0.4, 0.5) is 5.69 Å². The van der Waals surface area contributed by atoms with Gasteiger partial charge in [-0.05, 0) is 24.1 Å². The molecule has 4 aromatic rings. The predicted octanol–water partition coefficient (Wildman–Crippen LogP) is 3.58. The number of nitrogens with two attached hydrogens (primary N) is 1. The van der Waals surface area contributed by atoms with Gasteiger partial charge in [-0.2, -0.15) is 0 Å². The molecule has 0 saturated carbocycles. The second-order valence-electron chi connectivity index (χ2n) is 7.28. The highest BCUT2D eigenvalue weighted by atomic mass is 16.1. The van der Waals surface area contributed by atoms with Crippen LogP contribution in [0, 0.1) is 0 Å². The van der Waals surface area contributed by atoms with Crippen molar-refractivity contribution in [2.24, 2.45) is 12.8 Å². The first-order chi connectivity index (χ1) is 14.5. The van der Waals surface area contributed by atoms with Crippen LogP contribution >= 0.6 is 0 Å². The van der Waals surface area contributed by atoms with Gasteiger partial charge in [-0.1, -0.05) is 60.7 Å². The number of hydrogen-bond acceptors (Lipinski definition) is 3. The molecule has 152 valence electrons. The van der Waals surface area contributed by atoms with Crippen LogP contribution in [0.25, 0.3) is 10.9 Å². The highest BCUT2D eigenvalue weighted by molar-refractivity contribution is 6.01. The number of primary amides is 1. The number of H-pyrrole nitrogens is 1. The quantitative estimate of drug-likeness (QED) is 0.519. The van der Waals surface area contributed by atoms with Crippen molar-refractivity contribution >= 4 is 22.5 Å². The third-order valence-corrected chi connectivity index (χ3v) is 5.40. The van der Waals surface area contributed by atoms with Gasteiger partial charge >= 0.3 is 0 Å². The van der Waals surface area contributed by atoms with Crippen LogP contribution in [0.3, 0.4) is 0 Å². The van der Waals surface area contributed by atoms with Gasteiger partial charge in [-0.15, -0.1) is 0 Å². The molecule has 0 aliphatic carbocycles. The minimum atomic E-state index is -0.593. The molecule has 0 bridgehead atoms. The lowest BCUT2D eigenvalue weighted by Crippen LogP contribution is -2.31. The number of nitrogens with one attached hydrogen (secondary N) is 1. The number of carbonyl (C=O) groups is 1. The summed E-state index contributed by atoms with van der Waals surface area (Å²) in [5, 5.41) is 0.686. The number of nitrogens with zero attached hydrogens (tertiary/aromatic N) is 2. The van der Waals surface area contributed by atoms with E-state index in [1.54, 1.807) is 13.1 Å². The van der Waals surface area contributed by atoms with Gasteiger partial charge in [0.05, 0.1) is 11.7 Å². The van der Waals surface area contributed by atoms with Crippen molar-refractivity contribution < 1.29 is 4.79 Å². The van der Waals surface area contributed by atoms with Crippen molar-refractivity contribution in [3.8, 4) is 0 Å². The highest BCUT2D eigenvalue weighted by Crippen LogP contribution is 2.36. The zero-order valence-electron chi connectivity index (χ0n) is 17.0. The van der Waals surface area contributed by atoms with Crippen LogP contribution < -0.4 is 16.2 Å². The molecule has 1 amide bonds. The van der Waals surface area contributed by atoms with Crippen molar-refractivity contribution in [3.05, 3.63) is 100 Å². The van der Waals surface area contributed by atoms with Gasteiger partial charge in [0.1, 0.15) is 11.2 Å². The number of hydrogen-bond donors (Lipinski definition) is 2. The fraction of sp³-hybridized carbons (Fsp3) is 0.167. The van der Waals surface area contributed by atoms with Crippen LogP contribution in [0.1, 0.15) is 34.6 Å². The monoisotopic (exact) mass is 400 g/mol. The van der Waals surface area contributed by atoms with Crippen LogP contribution in [0.5, 0.6) is 0 Å². The summed E-state index contributed by atoms with van der Waals surface area (Å²) in [5.74, 6) is -0.593.